The monoisotopic (exact) mass is 444 g/mol. The summed E-state index contributed by atoms with van der Waals surface area (Å²) in [5, 5.41) is 8.65. The summed E-state index contributed by atoms with van der Waals surface area (Å²) >= 11 is 1.51. The number of nitrogens with zero attached hydrogens (tertiary/aromatic N) is 1. The van der Waals surface area contributed by atoms with Crippen molar-refractivity contribution in [1.29, 1.82) is 0 Å². The standard InChI is InChI=1S/C22H25FN4O3S/c1-14-8-10-22(11-9-14)20(29)27(21(30)25-22)26-18(28)13-24-19(17-3-2-12-31-17)15-4-6-16(23)7-5-15/h2-7,12,14,19,24H,8-11,13H2,1H3,(H,25,30)(H,26,28)/t14?,19-,22?/m1/s1. The van der Waals surface area contributed by atoms with E-state index < -0.39 is 23.4 Å². The summed E-state index contributed by atoms with van der Waals surface area (Å²) in [6.45, 7) is 2.01. The minimum absolute atomic E-state index is 0.124. The number of hydrazine groups is 1. The molecule has 0 bridgehead atoms. The molecule has 2 heterocycles. The van der Waals surface area contributed by atoms with Crippen LogP contribution in [0.25, 0.3) is 0 Å². The van der Waals surface area contributed by atoms with Crippen LogP contribution >= 0.6 is 11.3 Å². The quantitative estimate of drug-likeness (QED) is 0.597. The average Bonchev–Trinajstić information content (AvgIpc) is 3.35. The summed E-state index contributed by atoms with van der Waals surface area (Å²) in [6, 6.07) is 8.98. The number of rotatable bonds is 6. The lowest BCUT2D eigenvalue weighted by Crippen LogP contribution is -2.52. The molecule has 2 aliphatic rings. The molecule has 4 amide bonds. The molecule has 164 valence electrons. The van der Waals surface area contributed by atoms with Crippen LogP contribution in [0.15, 0.2) is 41.8 Å². The zero-order valence-electron chi connectivity index (χ0n) is 17.2. The minimum atomic E-state index is -0.905. The molecule has 31 heavy (non-hydrogen) atoms. The lowest BCUT2D eigenvalue weighted by atomic mass is 9.77. The molecule has 1 aromatic heterocycles. The van der Waals surface area contributed by atoms with Crippen LogP contribution in [0.5, 0.6) is 0 Å². The van der Waals surface area contributed by atoms with Crippen LogP contribution < -0.4 is 16.1 Å². The first-order valence-electron chi connectivity index (χ1n) is 10.4. The van der Waals surface area contributed by atoms with Crippen molar-refractivity contribution < 1.29 is 18.8 Å². The fourth-order valence-electron chi connectivity index (χ4n) is 4.17. The molecular weight excluding hydrogens is 419 g/mol. The molecule has 9 heteroatoms. The maximum atomic E-state index is 13.3. The van der Waals surface area contributed by atoms with Gasteiger partial charge in [-0.15, -0.1) is 11.3 Å². The van der Waals surface area contributed by atoms with Gasteiger partial charge in [0.25, 0.3) is 11.8 Å². The lowest BCUT2D eigenvalue weighted by Gasteiger charge is -2.33. The van der Waals surface area contributed by atoms with E-state index in [-0.39, 0.29) is 18.4 Å². The molecule has 0 unspecified atom stereocenters. The minimum Gasteiger partial charge on any atom is -0.322 e. The molecule has 7 nitrogen and oxygen atoms in total. The Bertz CT molecular complexity index is 956. The third-order valence-corrected chi connectivity index (χ3v) is 6.96. The molecule has 2 fully saturated rings. The zero-order valence-corrected chi connectivity index (χ0v) is 18.0. The van der Waals surface area contributed by atoms with Crippen molar-refractivity contribution in [2.75, 3.05) is 6.54 Å². The molecule has 1 aromatic carbocycles. The van der Waals surface area contributed by atoms with Crippen molar-refractivity contribution in [3.8, 4) is 0 Å². The van der Waals surface area contributed by atoms with Gasteiger partial charge in [0, 0.05) is 4.88 Å². The number of nitrogens with one attached hydrogen (secondary N) is 3. The molecule has 2 aromatic rings. The van der Waals surface area contributed by atoms with Crippen molar-refractivity contribution in [3.63, 3.8) is 0 Å². The Hall–Kier alpha value is -2.78. The Morgan fingerprint density at radius 2 is 1.97 bits per heavy atom. The number of benzene rings is 1. The van der Waals surface area contributed by atoms with Crippen LogP contribution in [0, 0.1) is 11.7 Å². The van der Waals surface area contributed by atoms with Crippen molar-refractivity contribution in [1.82, 2.24) is 21.1 Å². The smallest absolute Gasteiger partial charge is 0.322 e. The van der Waals surface area contributed by atoms with Crippen molar-refractivity contribution in [2.45, 2.75) is 44.2 Å². The Kier molecular flexibility index (Phi) is 6.06. The van der Waals surface area contributed by atoms with E-state index in [2.05, 4.69) is 23.0 Å². The van der Waals surface area contributed by atoms with Gasteiger partial charge in [-0.2, -0.15) is 5.01 Å². The molecule has 1 spiro atoms. The van der Waals surface area contributed by atoms with E-state index in [1.54, 1.807) is 12.1 Å². The largest absolute Gasteiger partial charge is 0.344 e. The van der Waals surface area contributed by atoms with Crippen molar-refractivity contribution in [2.24, 2.45) is 5.92 Å². The van der Waals surface area contributed by atoms with Gasteiger partial charge in [0.05, 0.1) is 12.6 Å². The van der Waals surface area contributed by atoms with Crippen LogP contribution in [0.4, 0.5) is 9.18 Å². The third kappa shape index (κ3) is 4.47. The molecule has 1 saturated carbocycles. The maximum Gasteiger partial charge on any atom is 0.344 e. The molecule has 3 N–H and O–H groups in total. The molecular formula is C22H25FN4O3S. The summed E-state index contributed by atoms with van der Waals surface area (Å²) < 4.78 is 13.3. The second-order valence-corrected chi connectivity index (χ2v) is 9.23. The number of hydrogen-bond acceptors (Lipinski definition) is 5. The van der Waals surface area contributed by atoms with Crippen LogP contribution in [-0.4, -0.2) is 34.9 Å². The number of urea groups is 1. The fourth-order valence-corrected chi connectivity index (χ4v) is 5.00. The highest BCUT2D eigenvalue weighted by Crippen LogP contribution is 2.35. The van der Waals surface area contributed by atoms with Crippen LogP contribution in [0.2, 0.25) is 0 Å². The van der Waals surface area contributed by atoms with E-state index in [0.29, 0.717) is 18.8 Å². The average molecular weight is 445 g/mol. The van der Waals surface area contributed by atoms with Crippen molar-refractivity contribution >= 4 is 29.2 Å². The summed E-state index contributed by atoms with van der Waals surface area (Å²) in [5.41, 5.74) is 2.34. The van der Waals surface area contributed by atoms with Crippen molar-refractivity contribution in [3.05, 3.63) is 58.0 Å². The van der Waals surface area contributed by atoms with E-state index in [1.807, 2.05) is 17.5 Å². The molecule has 1 atom stereocenters. The molecule has 0 radical (unpaired) electrons. The summed E-state index contributed by atoms with van der Waals surface area (Å²) in [5.74, 6) is -0.723. The molecule has 1 saturated heterocycles. The van der Waals surface area contributed by atoms with E-state index in [1.165, 1.54) is 23.5 Å². The van der Waals surface area contributed by atoms with Gasteiger partial charge in [0.1, 0.15) is 11.4 Å². The molecule has 1 aliphatic carbocycles. The van der Waals surface area contributed by atoms with Crippen LogP contribution in [-0.2, 0) is 9.59 Å². The third-order valence-electron chi connectivity index (χ3n) is 6.02. The highest BCUT2D eigenvalue weighted by Gasteiger charge is 2.52. The summed E-state index contributed by atoms with van der Waals surface area (Å²) in [4.78, 5) is 38.8. The zero-order chi connectivity index (χ0) is 22.0. The normalized spacial score (nSPS) is 24.3. The predicted octanol–water partition coefficient (Wildman–Crippen LogP) is 3.10. The molecule has 4 rings (SSSR count). The Labute approximate surface area is 184 Å². The number of thiophene rings is 1. The SMILES string of the molecule is CC1CCC2(CC1)NC(=O)N(NC(=O)CN[C@H](c1ccc(F)cc1)c1cccs1)C2=O. The van der Waals surface area contributed by atoms with Gasteiger partial charge in [-0.1, -0.05) is 25.1 Å². The van der Waals surface area contributed by atoms with Gasteiger partial charge in [0.2, 0.25) is 0 Å². The highest BCUT2D eigenvalue weighted by molar-refractivity contribution is 7.10. The van der Waals surface area contributed by atoms with E-state index in [0.717, 1.165) is 28.3 Å². The van der Waals surface area contributed by atoms with E-state index >= 15 is 0 Å². The second-order valence-electron chi connectivity index (χ2n) is 8.25. The Balaban J connectivity index is 1.40. The van der Waals surface area contributed by atoms with E-state index in [9.17, 15) is 18.8 Å². The van der Waals surface area contributed by atoms with Gasteiger partial charge in [0.15, 0.2) is 0 Å². The highest BCUT2D eigenvalue weighted by atomic mass is 32.1. The van der Waals surface area contributed by atoms with E-state index in [4.69, 9.17) is 0 Å². The topological polar surface area (TPSA) is 90.5 Å². The number of hydrogen-bond donors (Lipinski definition) is 3. The first-order chi connectivity index (χ1) is 14.9. The summed E-state index contributed by atoms with van der Waals surface area (Å²) in [7, 11) is 0. The lowest BCUT2D eigenvalue weighted by molar-refractivity contribution is -0.139. The predicted molar refractivity (Wildman–Crippen MR) is 114 cm³/mol. The van der Waals surface area contributed by atoms with Gasteiger partial charge >= 0.3 is 6.03 Å². The Morgan fingerprint density at radius 1 is 1.26 bits per heavy atom. The summed E-state index contributed by atoms with van der Waals surface area (Å²) in [6.07, 6.45) is 2.87. The van der Waals surface area contributed by atoms with Crippen LogP contribution in [0.3, 0.4) is 0 Å². The maximum absolute atomic E-state index is 13.3. The number of halogens is 1. The van der Waals surface area contributed by atoms with Gasteiger partial charge in [-0.3, -0.25) is 20.3 Å². The number of carbonyl (C=O) groups is 3. The van der Waals surface area contributed by atoms with Gasteiger partial charge in [-0.25, -0.2) is 9.18 Å². The van der Waals surface area contributed by atoms with Gasteiger partial charge in [-0.05, 0) is 60.7 Å². The first-order valence-corrected chi connectivity index (χ1v) is 11.2. The number of amides is 4. The Morgan fingerprint density at radius 3 is 2.61 bits per heavy atom. The first kappa shape index (κ1) is 21.5. The molecule has 1 aliphatic heterocycles. The van der Waals surface area contributed by atoms with Crippen LogP contribution in [0.1, 0.15) is 49.1 Å². The van der Waals surface area contributed by atoms with Gasteiger partial charge < -0.3 is 5.32 Å². The number of carbonyl (C=O) groups excluding carboxylic acids is 3. The fraction of sp³-hybridized carbons (Fsp3) is 0.409. The number of imide groups is 1. The second kappa shape index (κ2) is 8.76.